The number of piperidine rings is 2. The summed E-state index contributed by atoms with van der Waals surface area (Å²) in [6.07, 6.45) is 6.38. The van der Waals surface area contributed by atoms with Crippen molar-refractivity contribution >= 4 is 11.7 Å². The minimum Gasteiger partial charge on any atom is -0.325 e. The van der Waals surface area contributed by atoms with Crippen LogP contribution in [0.15, 0.2) is 18.2 Å². The number of carbonyl (C=O) groups excluding carboxylic acids is 1. The fourth-order valence-corrected chi connectivity index (χ4v) is 3.91. The number of nitrogens with one attached hydrogen (secondary N) is 1. The summed E-state index contributed by atoms with van der Waals surface area (Å²) in [6, 6.07) is 6.13. The molecular weight excluding hydrogens is 298 g/mol. The van der Waals surface area contributed by atoms with Crippen molar-refractivity contribution in [2.24, 2.45) is 5.92 Å². The average molecular weight is 329 g/mol. The molecule has 3 rings (SSSR count). The van der Waals surface area contributed by atoms with Crippen LogP contribution >= 0.6 is 0 Å². The Morgan fingerprint density at radius 2 is 1.79 bits per heavy atom. The van der Waals surface area contributed by atoms with E-state index in [2.05, 4.69) is 30.1 Å². The number of carbonyl (C=O) groups is 1. The van der Waals surface area contributed by atoms with Crippen LogP contribution in [0.1, 0.15) is 43.2 Å². The summed E-state index contributed by atoms with van der Waals surface area (Å²) in [5.74, 6) is 0.757. The van der Waals surface area contributed by atoms with Crippen LogP contribution in [0.2, 0.25) is 0 Å². The standard InChI is InChI=1S/C20H31N3O/c1-16-7-6-8-19(17(16)2)21-20(24)23-13-9-18(10-14-23)15-22-11-4-3-5-12-22/h6-8,18H,3-5,9-15H2,1-2H3,(H,21,24). The molecule has 2 amide bonds. The predicted molar refractivity (Wildman–Crippen MR) is 99.5 cm³/mol. The van der Waals surface area contributed by atoms with E-state index >= 15 is 0 Å². The first kappa shape index (κ1) is 17.3. The molecule has 2 aliphatic rings. The van der Waals surface area contributed by atoms with E-state index in [0.29, 0.717) is 0 Å². The van der Waals surface area contributed by atoms with Gasteiger partial charge in [0.1, 0.15) is 0 Å². The van der Waals surface area contributed by atoms with Gasteiger partial charge in [0.25, 0.3) is 0 Å². The van der Waals surface area contributed by atoms with E-state index < -0.39 is 0 Å². The monoisotopic (exact) mass is 329 g/mol. The summed E-state index contributed by atoms with van der Waals surface area (Å²) in [6.45, 7) is 9.68. The summed E-state index contributed by atoms with van der Waals surface area (Å²) >= 11 is 0. The first-order valence-electron chi connectivity index (χ1n) is 9.48. The topological polar surface area (TPSA) is 35.6 Å². The van der Waals surface area contributed by atoms with Crippen molar-refractivity contribution in [2.45, 2.75) is 46.0 Å². The maximum absolute atomic E-state index is 12.5. The van der Waals surface area contributed by atoms with Gasteiger partial charge in [0.15, 0.2) is 0 Å². The number of nitrogens with zero attached hydrogens (tertiary/aromatic N) is 2. The maximum atomic E-state index is 12.5. The second-order valence-electron chi connectivity index (χ2n) is 7.47. The molecule has 132 valence electrons. The highest BCUT2D eigenvalue weighted by molar-refractivity contribution is 5.90. The normalized spacial score (nSPS) is 20.2. The van der Waals surface area contributed by atoms with Crippen LogP contribution in [0.4, 0.5) is 10.5 Å². The summed E-state index contributed by atoms with van der Waals surface area (Å²) in [4.78, 5) is 17.1. The Labute approximate surface area is 146 Å². The van der Waals surface area contributed by atoms with E-state index in [1.54, 1.807) is 0 Å². The molecule has 2 aliphatic heterocycles. The maximum Gasteiger partial charge on any atom is 0.321 e. The molecule has 0 bridgehead atoms. The molecule has 2 saturated heterocycles. The predicted octanol–water partition coefficient (Wildman–Crippen LogP) is 4.03. The molecule has 0 atom stereocenters. The summed E-state index contributed by atoms with van der Waals surface area (Å²) in [7, 11) is 0. The van der Waals surface area contributed by atoms with Gasteiger partial charge < -0.3 is 15.1 Å². The van der Waals surface area contributed by atoms with E-state index in [4.69, 9.17) is 0 Å². The van der Waals surface area contributed by atoms with Gasteiger partial charge in [-0.15, -0.1) is 0 Å². The van der Waals surface area contributed by atoms with Gasteiger partial charge in [0.2, 0.25) is 0 Å². The number of likely N-dealkylation sites (tertiary alicyclic amines) is 2. The van der Waals surface area contributed by atoms with Crippen LogP contribution in [0.3, 0.4) is 0 Å². The van der Waals surface area contributed by atoms with Gasteiger partial charge in [-0.25, -0.2) is 4.79 Å². The second kappa shape index (κ2) is 8.02. The van der Waals surface area contributed by atoms with E-state index in [1.807, 2.05) is 17.0 Å². The van der Waals surface area contributed by atoms with Crippen LogP contribution in [0.5, 0.6) is 0 Å². The molecule has 24 heavy (non-hydrogen) atoms. The lowest BCUT2D eigenvalue weighted by atomic mass is 9.95. The van der Waals surface area contributed by atoms with E-state index in [-0.39, 0.29) is 6.03 Å². The van der Waals surface area contributed by atoms with Crippen molar-refractivity contribution in [2.75, 3.05) is 38.0 Å². The lowest BCUT2D eigenvalue weighted by Gasteiger charge is -2.36. The fourth-order valence-electron chi connectivity index (χ4n) is 3.91. The van der Waals surface area contributed by atoms with Gasteiger partial charge in [0.05, 0.1) is 0 Å². The molecule has 0 aliphatic carbocycles. The highest BCUT2D eigenvalue weighted by Crippen LogP contribution is 2.22. The Bertz CT molecular complexity index is 558. The van der Waals surface area contributed by atoms with E-state index in [0.717, 1.165) is 43.1 Å². The Morgan fingerprint density at radius 3 is 2.50 bits per heavy atom. The van der Waals surface area contributed by atoms with Crippen LogP contribution in [-0.4, -0.2) is 48.6 Å². The van der Waals surface area contributed by atoms with Gasteiger partial charge in [-0.05, 0) is 75.7 Å². The van der Waals surface area contributed by atoms with Crippen LogP contribution < -0.4 is 5.32 Å². The van der Waals surface area contributed by atoms with Crippen molar-refractivity contribution in [1.29, 1.82) is 0 Å². The van der Waals surface area contributed by atoms with Gasteiger partial charge in [-0.3, -0.25) is 0 Å². The largest absolute Gasteiger partial charge is 0.325 e. The number of anilines is 1. The quantitative estimate of drug-likeness (QED) is 0.908. The number of rotatable bonds is 3. The second-order valence-corrected chi connectivity index (χ2v) is 7.47. The zero-order chi connectivity index (χ0) is 16.9. The van der Waals surface area contributed by atoms with Crippen molar-refractivity contribution in [3.05, 3.63) is 29.3 Å². The molecule has 0 unspecified atom stereocenters. The van der Waals surface area contributed by atoms with Gasteiger partial charge in [-0.2, -0.15) is 0 Å². The molecule has 4 nitrogen and oxygen atoms in total. The Kier molecular flexibility index (Phi) is 5.77. The average Bonchev–Trinajstić information content (AvgIpc) is 2.60. The molecule has 0 spiro atoms. The van der Waals surface area contributed by atoms with Gasteiger partial charge in [0, 0.05) is 25.3 Å². The number of benzene rings is 1. The third-order valence-electron chi connectivity index (χ3n) is 5.71. The highest BCUT2D eigenvalue weighted by Gasteiger charge is 2.25. The van der Waals surface area contributed by atoms with Crippen molar-refractivity contribution in [1.82, 2.24) is 9.80 Å². The minimum atomic E-state index is 0.0557. The Morgan fingerprint density at radius 1 is 1.08 bits per heavy atom. The fraction of sp³-hybridized carbons (Fsp3) is 0.650. The third-order valence-corrected chi connectivity index (χ3v) is 5.71. The third kappa shape index (κ3) is 4.29. The number of amides is 2. The molecule has 0 aromatic heterocycles. The highest BCUT2D eigenvalue weighted by atomic mass is 16.2. The first-order chi connectivity index (χ1) is 11.6. The number of aryl methyl sites for hydroxylation is 1. The minimum absolute atomic E-state index is 0.0557. The number of hydrogen-bond donors (Lipinski definition) is 1. The first-order valence-corrected chi connectivity index (χ1v) is 9.48. The summed E-state index contributed by atoms with van der Waals surface area (Å²) < 4.78 is 0. The zero-order valence-corrected chi connectivity index (χ0v) is 15.2. The van der Waals surface area contributed by atoms with Crippen molar-refractivity contribution in [3.63, 3.8) is 0 Å². The van der Waals surface area contributed by atoms with Gasteiger partial charge >= 0.3 is 6.03 Å². The molecule has 2 fully saturated rings. The zero-order valence-electron chi connectivity index (χ0n) is 15.2. The Balaban J connectivity index is 1.47. The molecule has 0 radical (unpaired) electrons. The molecule has 0 saturated carbocycles. The van der Waals surface area contributed by atoms with Crippen molar-refractivity contribution < 1.29 is 4.79 Å². The van der Waals surface area contributed by atoms with Crippen molar-refractivity contribution in [3.8, 4) is 0 Å². The number of urea groups is 1. The molecule has 2 heterocycles. The van der Waals surface area contributed by atoms with E-state index in [9.17, 15) is 4.79 Å². The summed E-state index contributed by atoms with van der Waals surface area (Å²) in [5, 5.41) is 3.09. The SMILES string of the molecule is Cc1cccc(NC(=O)N2CCC(CN3CCCCC3)CC2)c1C. The van der Waals surface area contributed by atoms with E-state index in [1.165, 1.54) is 44.5 Å². The lowest BCUT2D eigenvalue weighted by Crippen LogP contribution is -2.44. The molecule has 1 aromatic rings. The molecule has 1 aromatic carbocycles. The smallest absolute Gasteiger partial charge is 0.321 e. The van der Waals surface area contributed by atoms with Crippen LogP contribution in [0.25, 0.3) is 0 Å². The Hall–Kier alpha value is -1.55. The molecule has 1 N–H and O–H groups in total. The molecular formula is C20H31N3O. The summed E-state index contributed by atoms with van der Waals surface area (Å²) in [5.41, 5.74) is 3.31. The van der Waals surface area contributed by atoms with Crippen LogP contribution in [-0.2, 0) is 0 Å². The molecule has 4 heteroatoms. The lowest BCUT2D eigenvalue weighted by molar-refractivity contribution is 0.142. The van der Waals surface area contributed by atoms with Crippen LogP contribution in [0, 0.1) is 19.8 Å². The van der Waals surface area contributed by atoms with Gasteiger partial charge in [-0.1, -0.05) is 18.6 Å². The number of hydrogen-bond acceptors (Lipinski definition) is 2.